The number of carbonyl (C=O) groups excluding carboxylic acids is 1. The second kappa shape index (κ2) is 7.83. The summed E-state index contributed by atoms with van der Waals surface area (Å²) < 4.78 is 27.2. The standard InChI is InChI=1S/C18H20F2N2O/c1-22(12-14-7-3-5-9-16(14)20)18(23)17(21)11-10-13-6-2-4-8-15(13)19/h2-9,17H,10-12,21H2,1H3/t17-/m1/s1. The van der Waals surface area contributed by atoms with Crippen LogP contribution in [0.15, 0.2) is 48.5 Å². The Kier molecular flexibility index (Phi) is 5.82. The van der Waals surface area contributed by atoms with E-state index in [2.05, 4.69) is 0 Å². The summed E-state index contributed by atoms with van der Waals surface area (Å²) in [5.74, 6) is -0.941. The first-order valence-corrected chi connectivity index (χ1v) is 7.46. The molecule has 2 aromatic rings. The highest BCUT2D eigenvalue weighted by Crippen LogP contribution is 2.12. The van der Waals surface area contributed by atoms with Crippen molar-refractivity contribution in [3.8, 4) is 0 Å². The van der Waals surface area contributed by atoms with E-state index in [4.69, 9.17) is 5.73 Å². The lowest BCUT2D eigenvalue weighted by atomic mass is 10.0. The van der Waals surface area contributed by atoms with E-state index in [9.17, 15) is 13.6 Å². The summed E-state index contributed by atoms with van der Waals surface area (Å²) in [5.41, 5.74) is 6.87. The Labute approximate surface area is 134 Å². The molecule has 1 atom stereocenters. The predicted molar refractivity (Wildman–Crippen MR) is 85.6 cm³/mol. The van der Waals surface area contributed by atoms with E-state index in [1.807, 2.05) is 0 Å². The second-order valence-corrected chi connectivity index (χ2v) is 5.52. The van der Waals surface area contributed by atoms with Gasteiger partial charge in [0.25, 0.3) is 0 Å². The van der Waals surface area contributed by atoms with Gasteiger partial charge in [0.2, 0.25) is 5.91 Å². The zero-order valence-corrected chi connectivity index (χ0v) is 13.0. The van der Waals surface area contributed by atoms with Crippen LogP contribution in [0.1, 0.15) is 17.5 Å². The van der Waals surface area contributed by atoms with Gasteiger partial charge in [-0.15, -0.1) is 0 Å². The fraction of sp³-hybridized carbons (Fsp3) is 0.278. The maximum absolute atomic E-state index is 13.6. The second-order valence-electron chi connectivity index (χ2n) is 5.52. The summed E-state index contributed by atoms with van der Waals surface area (Å²) in [6, 6.07) is 12.0. The van der Waals surface area contributed by atoms with E-state index >= 15 is 0 Å². The lowest BCUT2D eigenvalue weighted by Gasteiger charge is -2.21. The van der Waals surface area contributed by atoms with Gasteiger partial charge in [-0.05, 0) is 30.5 Å². The van der Waals surface area contributed by atoms with Crippen LogP contribution in [0.2, 0.25) is 0 Å². The van der Waals surface area contributed by atoms with Crippen LogP contribution in [-0.2, 0) is 17.8 Å². The predicted octanol–water partition coefficient (Wildman–Crippen LogP) is 2.88. The van der Waals surface area contributed by atoms with Crippen molar-refractivity contribution in [3.05, 3.63) is 71.3 Å². The molecule has 23 heavy (non-hydrogen) atoms. The van der Waals surface area contributed by atoms with E-state index in [0.717, 1.165) is 0 Å². The zero-order chi connectivity index (χ0) is 16.8. The molecule has 5 heteroatoms. The number of aryl methyl sites for hydroxylation is 1. The summed E-state index contributed by atoms with van der Waals surface area (Å²) in [5, 5.41) is 0. The van der Waals surface area contributed by atoms with Gasteiger partial charge in [0, 0.05) is 19.2 Å². The molecule has 3 nitrogen and oxygen atoms in total. The summed E-state index contributed by atoms with van der Waals surface area (Å²) in [4.78, 5) is 13.6. The third-order valence-corrected chi connectivity index (χ3v) is 3.74. The van der Waals surface area contributed by atoms with Crippen molar-refractivity contribution in [1.29, 1.82) is 0 Å². The zero-order valence-electron chi connectivity index (χ0n) is 13.0. The van der Waals surface area contributed by atoms with Gasteiger partial charge in [-0.2, -0.15) is 0 Å². The van der Waals surface area contributed by atoms with Gasteiger partial charge in [0.15, 0.2) is 0 Å². The highest BCUT2D eigenvalue weighted by molar-refractivity contribution is 5.81. The molecular formula is C18H20F2N2O. The van der Waals surface area contributed by atoms with Gasteiger partial charge >= 0.3 is 0 Å². The van der Waals surface area contributed by atoms with Gasteiger partial charge in [-0.3, -0.25) is 4.79 Å². The minimum Gasteiger partial charge on any atom is -0.340 e. The number of hydrogen-bond acceptors (Lipinski definition) is 2. The molecule has 0 aliphatic heterocycles. The van der Waals surface area contributed by atoms with Crippen LogP contribution in [0.5, 0.6) is 0 Å². The Morgan fingerprint density at radius 3 is 2.13 bits per heavy atom. The molecule has 2 rings (SSSR count). The van der Waals surface area contributed by atoms with Crippen molar-refractivity contribution in [2.45, 2.75) is 25.4 Å². The quantitative estimate of drug-likeness (QED) is 0.890. The first kappa shape index (κ1) is 17.1. The third-order valence-electron chi connectivity index (χ3n) is 3.74. The monoisotopic (exact) mass is 318 g/mol. The largest absolute Gasteiger partial charge is 0.340 e. The molecule has 0 fully saturated rings. The molecule has 0 unspecified atom stereocenters. The van der Waals surface area contributed by atoms with E-state index in [1.165, 1.54) is 17.0 Å². The van der Waals surface area contributed by atoms with Gasteiger partial charge < -0.3 is 10.6 Å². The average Bonchev–Trinajstić information content (AvgIpc) is 2.55. The Morgan fingerprint density at radius 2 is 1.57 bits per heavy atom. The molecule has 122 valence electrons. The van der Waals surface area contributed by atoms with Crippen molar-refractivity contribution >= 4 is 5.91 Å². The van der Waals surface area contributed by atoms with E-state index in [1.54, 1.807) is 43.4 Å². The minimum atomic E-state index is -0.744. The number of rotatable bonds is 6. The number of nitrogens with two attached hydrogens (primary N) is 1. The normalized spacial score (nSPS) is 12.0. The molecule has 0 aliphatic rings. The van der Waals surface area contributed by atoms with Crippen LogP contribution in [-0.4, -0.2) is 23.9 Å². The summed E-state index contributed by atoms with van der Waals surface area (Å²) in [6.45, 7) is 0.152. The summed E-state index contributed by atoms with van der Waals surface area (Å²) >= 11 is 0. The molecule has 0 radical (unpaired) electrons. The summed E-state index contributed by atoms with van der Waals surface area (Å²) in [6.07, 6.45) is 0.717. The summed E-state index contributed by atoms with van der Waals surface area (Å²) in [7, 11) is 1.58. The van der Waals surface area contributed by atoms with Crippen LogP contribution in [0.3, 0.4) is 0 Å². The van der Waals surface area contributed by atoms with E-state index in [-0.39, 0.29) is 24.1 Å². The minimum absolute atomic E-state index is 0.152. The Balaban J connectivity index is 1.91. The lowest BCUT2D eigenvalue weighted by molar-refractivity contribution is -0.132. The maximum Gasteiger partial charge on any atom is 0.239 e. The fourth-order valence-electron chi connectivity index (χ4n) is 2.38. The number of halogens is 2. The van der Waals surface area contributed by atoms with Crippen LogP contribution >= 0.6 is 0 Å². The molecule has 0 saturated heterocycles. The number of hydrogen-bond donors (Lipinski definition) is 1. The molecule has 0 bridgehead atoms. The number of benzene rings is 2. The molecule has 0 spiro atoms. The van der Waals surface area contributed by atoms with Crippen molar-refractivity contribution in [2.75, 3.05) is 7.05 Å². The molecule has 1 amide bonds. The third kappa shape index (κ3) is 4.60. The molecule has 0 aliphatic carbocycles. The van der Waals surface area contributed by atoms with Crippen LogP contribution < -0.4 is 5.73 Å². The Hall–Kier alpha value is -2.27. The first-order chi connectivity index (χ1) is 11.0. The van der Waals surface area contributed by atoms with Crippen LogP contribution in [0.25, 0.3) is 0 Å². The average molecular weight is 318 g/mol. The maximum atomic E-state index is 13.6. The molecule has 0 saturated carbocycles. The smallest absolute Gasteiger partial charge is 0.239 e. The first-order valence-electron chi connectivity index (χ1n) is 7.46. The van der Waals surface area contributed by atoms with Crippen molar-refractivity contribution in [1.82, 2.24) is 4.90 Å². The van der Waals surface area contributed by atoms with Gasteiger partial charge in [0.1, 0.15) is 11.6 Å². The topological polar surface area (TPSA) is 46.3 Å². The molecule has 0 aromatic heterocycles. The van der Waals surface area contributed by atoms with Crippen LogP contribution in [0, 0.1) is 11.6 Å². The number of nitrogens with zero attached hydrogens (tertiary/aromatic N) is 1. The van der Waals surface area contributed by atoms with E-state index in [0.29, 0.717) is 24.0 Å². The highest BCUT2D eigenvalue weighted by Gasteiger charge is 2.19. The van der Waals surface area contributed by atoms with Gasteiger partial charge in [-0.25, -0.2) is 8.78 Å². The van der Waals surface area contributed by atoms with Gasteiger partial charge in [0.05, 0.1) is 6.04 Å². The Bertz CT molecular complexity index is 676. The Morgan fingerprint density at radius 1 is 1.04 bits per heavy atom. The number of amides is 1. The van der Waals surface area contributed by atoms with Crippen LogP contribution in [0.4, 0.5) is 8.78 Å². The molecule has 2 N–H and O–H groups in total. The number of carbonyl (C=O) groups is 1. The highest BCUT2D eigenvalue weighted by atomic mass is 19.1. The molecular weight excluding hydrogens is 298 g/mol. The van der Waals surface area contributed by atoms with Crippen molar-refractivity contribution in [2.24, 2.45) is 5.73 Å². The van der Waals surface area contributed by atoms with E-state index < -0.39 is 6.04 Å². The van der Waals surface area contributed by atoms with Gasteiger partial charge in [-0.1, -0.05) is 36.4 Å². The van der Waals surface area contributed by atoms with Crippen molar-refractivity contribution < 1.29 is 13.6 Å². The number of likely N-dealkylation sites (N-methyl/N-ethyl adjacent to an activating group) is 1. The fourth-order valence-corrected chi connectivity index (χ4v) is 2.38. The molecule has 0 heterocycles. The van der Waals surface area contributed by atoms with Crippen molar-refractivity contribution in [3.63, 3.8) is 0 Å². The molecule has 2 aromatic carbocycles. The SMILES string of the molecule is CN(Cc1ccccc1F)C(=O)[C@H](N)CCc1ccccc1F. The lowest BCUT2D eigenvalue weighted by Crippen LogP contribution is -2.41.